The summed E-state index contributed by atoms with van der Waals surface area (Å²) in [6, 6.07) is 0. The van der Waals surface area contributed by atoms with Crippen LogP contribution < -0.4 is 5.73 Å². The minimum Gasteiger partial charge on any atom is -0.370 e. The van der Waals surface area contributed by atoms with Gasteiger partial charge in [0.1, 0.15) is 6.29 Å². The highest BCUT2D eigenvalue weighted by molar-refractivity contribution is 5.75. The van der Waals surface area contributed by atoms with Crippen molar-refractivity contribution in [3.05, 3.63) is 0 Å². The minimum absolute atomic E-state index is 0.0249. The molecule has 7 heteroatoms. The molecular formula is C5H7N5O2. The van der Waals surface area contributed by atoms with Crippen LogP contribution in [0, 0.1) is 0 Å². The molecule has 0 saturated heterocycles. The number of amides is 1. The topological polar surface area (TPSA) is 110 Å². The number of hydrogen-bond acceptors (Lipinski definition) is 6. The monoisotopic (exact) mass is 169 g/mol. The summed E-state index contributed by atoms with van der Waals surface area (Å²) in [5, 5.41) is 13.6. The molecule has 64 valence electrons. The van der Waals surface area contributed by atoms with Crippen molar-refractivity contribution in [3.8, 4) is 0 Å². The maximum absolute atomic E-state index is 10.5. The molecule has 0 aliphatic carbocycles. The number of primary amides is 1. The molecular weight excluding hydrogens is 162 g/mol. The quantitative estimate of drug-likeness (QED) is 0.596. The van der Waals surface area contributed by atoms with Crippen LogP contribution >= 0.6 is 0 Å². The average Bonchev–Trinajstić information content (AvgIpc) is 2.36. The Bertz CT molecular complexity index is 247. The number of nitrogens with zero attached hydrogens (tertiary/aromatic N) is 4. The predicted molar refractivity (Wildman–Crippen MR) is 36.9 cm³/mol. The fourth-order valence-electron chi connectivity index (χ4n) is 0.864. The first kappa shape index (κ1) is 8.44. The van der Waals surface area contributed by atoms with Crippen molar-refractivity contribution in [2.75, 3.05) is 0 Å². The Labute approximate surface area is 67.7 Å². The van der Waals surface area contributed by atoms with Gasteiger partial charge in [-0.05, 0) is 10.4 Å². The van der Waals surface area contributed by atoms with Crippen molar-refractivity contribution < 1.29 is 9.59 Å². The lowest BCUT2D eigenvalue weighted by Gasteiger charge is -2.13. The second-order valence-corrected chi connectivity index (χ2v) is 2.38. The maximum atomic E-state index is 10.5. The molecule has 1 aliphatic rings. The Morgan fingerprint density at radius 2 is 2.00 bits per heavy atom. The van der Waals surface area contributed by atoms with E-state index in [4.69, 9.17) is 5.73 Å². The van der Waals surface area contributed by atoms with Gasteiger partial charge >= 0.3 is 0 Å². The van der Waals surface area contributed by atoms with Crippen LogP contribution in [0.2, 0.25) is 0 Å². The Balaban J connectivity index is 2.73. The summed E-state index contributed by atoms with van der Waals surface area (Å²) in [5.74, 6) is -0.586. The third-order valence-corrected chi connectivity index (χ3v) is 1.37. The number of carbonyl (C=O) groups is 2. The summed E-state index contributed by atoms with van der Waals surface area (Å²) < 4.78 is 0. The number of hydrogen-bond donors (Lipinski definition) is 1. The Morgan fingerprint density at radius 3 is 2.42 bits per heavy atom. The SMILES string of the molecule is NC(=O)CC1(CC=O)N=NN=N1. The maximum Gasteiger partial charge on any atom is 0.222 e. The second kappa shape index (κ2) is 3.16. The average molecular weight is 169 g/mol. The van der Waals surface area contributed by atoms with Gasteiger partial charge in [0, 0.05) is 0 Å². The fourth-order valence-corrected chi connectivity index (χ4v) is 0.864. The second-order valence-electron chi connectivity index (χ2n) is 2.38. The molecule has 2 N–H and O–H groups in total. The van der Waals surface area contributed by atoms with E-state index in [1.54, 1.807) is 0 Å². The fraction of sp³-hybridized carbons (Fsp3) is 0.600. The smallest absolute Gasteiger partial charge is 0.222 e. The zero-order valence-corrected chi connectivity index (χ0v) is 6.17. The van der Waals surface area contributed by atoms with Gasteiger partial charge in [0.25, 0.3) is 0 Å². The molecule has 1 aliphatic heterocycles. The third kappa shape index (κ3) is 1.68. The Hall–Kier alpha value is -1.66. The normalized spacial score (nSPS) is 18.0. The molecule has 0 unspecified atom stereocenters. The highest BCUT2D eigenvalue weighted by atomic mass is 16.1. The van der Waals surface area contributed by atoms with Crippen LogP contribution in [0.15, 0.2) is 20.7 Å². The lowest BCUT2D eigenvalue weighted by molar-refractivity contribution is -0.119. The van der Waals surface area contributed by atoms with Gasteiger partial charge in [0.2, 0.25) is 11.6 Å². The number of carbonyl (C=O) groups excluding carboxylic acids is 2. The molecule has 7 nitrogen and oxygen atoms in total. The molecule has 0 aromatic rings. The van der Waals surface area contributed by atoms with Gasteiger partial charge in [-0.1, -0.05) is 0 Å². The molecule has 0 saturated carbocycles. The Morgan fingerprint density at radius 1 is 1.42 bits per heavy atom. The van der Waals surface area contributed by atoms with Gasteiger partial charge in [-0.25, -0.2) is 0 Å². The van der Waals surface area contributed by atoms with E-state index in [0.29, 0.717) is 6.29 Å². The molecule has 0 atom stereocenters. The summed E-state index contributed by atoms with van der Waals surface area (Å²) in [6.45, 7) is 0. The lowest BCUT2D eigenvalue weighted by Crippen LogP contribution is -2.29. The van der Waals surface area contributed by atoms with Gasteiger partial charge in [-0.2, -0.15) is 0 Å². The standard InChI is InChI=1S/C5H7N5O2/c6-4(12)3-5(1-2-11)7-9-10-8-5/h2H,1,3H2,(H2,6,12). The molecule has 0 radical (unpaired) electrons. The van der Waals surface area contributed by atoms with Crippen LogP contribution in [0.5, 0.6) is 0 Å². The van der Waals surface area contributed by atoms with E-state index in [9.17, 15) is 9.59 Å². The first-order valence-electron chi connectivity index (χ1n) is 3.24. The summed E-state index contributed by atoms with van der Waals surface area (Å²) in [4.78, 5) is 20.7. The van der Waals surface area contributed by atoms with Crippen molar-refractivity contribution in [3.63, 3.8) is 0 Å². The Kier molecular flexibility index (Phi) is 2.22. The van der Waals surface area contributed by atoms with Crippen molar-refractivity contribution in [1.29, 1.82) is 0 Å². The first-order chi connectivity index (χ1) is 5.68. The first-order valence-corrected chi connectivity index (χ1v) is 3.24. The molecule has 0 fully saturated rings. The van der Waals surface area contributed by atoms with E-state index >= 15 is 0 Å². The van der Waals surface area contributed by atoms with Crippen molar-refractivity contribution >= 4 is 12.2 Å². The van der Waals surface area contributed by atoms with E-state index in [1.165, 1.54) is 0 Å². The molecule has 1 amide bonds. The highest BCUT2D eigenvalue weighted by Crippen LogP contribution is 2.26. The zero-order valence-electron chi connectivity index (χ0n) is 6.17. The molecule has 12 heavy (non-hydrogen) atoms. The highest BCUT2D eigenvalue weighted by Gasteiger charge is 2.34. The third-order valence-electron chi connectivity index (χ3n) is 1.37. The van der Waals surface area contributed by atoms with Gasteiger partial charge in [0.05, 0.1) is 12.8 Å². The van der Waals surface area contributed by atoms with Gasteiger partial charge < -0.3 is 10.5 Å². The van der Waals surface area contributed by atoms with E-state index in [-0.39, 0.29) is 12.8 Å². The lowest BCUT2D eigenvalue weighted by atomic mass is 10.1. The van der Waals surface area contributed by atoms with E-state index < -0.39 is 11.6 Å². The molecule has 0 bridgehead atoms. The molecule has 0 spiro atoms. The van der Waals surface area contributed by atoms with Gasteiger partial charge in [0.15, 0.2) is 0 Å². The van der Waals surface area contributed by atoms with Crippen LogP contribution in [0.1, 0.15) is 12.8 Å². The van der Waals surface area contributed by atoms with Crippen molar-refractivity contribution in [1.82, 2.24) is 0 Å². The molecule has 0 aromatic carbocycles. The molecule has 1 rings (SSSR count). The van der Waals surface area contributed by atoms with Gasteiger partial charge in [-0.3, -0.25) is 4.79 Å². The summed E-state index contributed by atoms with van der Waals surface area (Å²) >= 11 is 0. The van der Waals surface area contributed by atoms with Crippen LogP contribution in [-0.2, 0) is 9.59 Å². The van der Waals surface area contributed by atoms with Crippen molar-refractivity contribution in [2.45, 2.75) is 18.5 Å². The largest absolute Gasteiger partial charge is 0.370 e. The van der Waals surface area contributed by atoms with Crippen molar-refractivity contribution in [2.24, 2.45) is 26.4 Å². The number of rotatable bonds is 4. The molecule has 1 heterocycles. The van der Waals surface area contributed by atoms with E-state index in [0.717, 1.165) is 0 Å². The van der Waals surface area contributed by atoms with E-state index in [2.05, 4.69) is 20.7 Å². The van der Waals surface area contributed by atoms with Crippen LogP contribution in [0.4, 0.5) is 0 Å². The van der Waals surface area contributed by atoms with E-state index in [1.807, 2.05) is 0 Å². The summed E-state index contributed by atoms with van der Waals surface area (Å²) in [5.41, 5.74) is 3.77. The number of nitrogens with two attached hydrogens (primary N) is 1. The van der Waals surface area contributed by atoms with Crippen LogP contribution in [-0.4, -0.2) is 17.9 Å². The van der Waals surface area contributed by atoms with Crippen LogP contribution in [0.3, 0.4) is 0 Å². The van der Waals surface area contributed by atoms with Crippen LogP contribution in [0.25, 0.3) is 0 Å². The predicted octanol–water partition coefficient (Wildman–Crippen LogP) is -0.0199. The molecule has 0 aromatic heterocycles. The summed E-state index contributed by atoms with van der Waals surface area (Å²) in [6.07, 6.45) is 0.438. The van der Waals surface area contributed by atoms with Gasteiger partial charge in [-0.15, -0.1) is 10.2 Å². The minimum atomic E-state index is -1.16. The number of aldehydes is 1. The zero-order chi connectivity index (χ0) is 9.03. The summed E-state index contributed by atoms with van der Waals surface area (Å²) in [7, 11) is 0.